The standard InChI is InChI=1S/C9H9ClO4/c1-12-6-3-4-7(14-9(10)11)8(5-6)13-2/h3-5H,1-2H3. The van der Waals surface area contributed by atoms with Crippen molar-refractivity contribution in [1.82, 2.24) is 0 Å². The van der Waals surface area contributed by atoms with Crippen LogP contribution in [-0.2, 0) is 0 Å². The van der Waals surface area contributed by atoms with Crippen LogP contribution >= 0.6 is 11.6 Å². The minimum Gasteiger partial charge on any atom is -0.497 e. The smallest absolute Gasteiger partial charge is 0.409 e. The van der Waals surface area contributed by atoms with E-state index in [9.17, 15) is 4.79 Å². The third-order valence-electron chi connectivity index (χ3n) is 1.56. The highest BCUT2D eigenvalue weighted by Crippen LogP contribution is 2.31. The van der Waals surface area contributed by atoms with E-state index in [2.05, 4.69) is 4.74 Å². The van der Waals surface area contributed by atoms with Gasteiger partial charge in [0, 0.05) is 17.7 Å². The van der Waals surface area contributed by atoms with Gasteiger partial charge in [0.15, 0.2) is 11.5 Å². The van der Waals surface area contributed by atoms with Crippen LogP contribution in [0, 0.1) is 0 Å². The lowest BCUT2D eigenvalue weighted by Crippen LogP contribution is -1.98. The number of hydrogen-bond donors (Lipinski definition) is 0. The van der Waals surface area contributed by atoms with E-state index in [4.69, 9.17) is 21.1 Å². The molecule has 0 heterocycles. The molecular weight excluding hydrogens is 208 g/mol. The SMILES string of the molecule is COc1ccc(OC(=O)Cl)c(OC)c1. The van der Waals surface area contributed by atoms with Gasteiger partial charge in [0.05, 0.1) is 14.2 Å². The van der Waals surface area contributed by atoms with Crippen LogP contribution in [0.3, 0.4) is 0 Å². The summed E-state index contributed by atoms with van der Waals surface area (Å²) in [6.45, 7) is 0. The van der Waals surface area contributed by atoms with Crippen LogP contribution in [0.4, 0.5) is 4.79 Å². The lowest BCUT2D eigenvalue weighted by atomic mass is 10.3. The van der Waals surface area contributed by atoms with E-state index in [1.54, 1.807) is 12.1 Å². The monoisotopic (exact) mass is 216 g/mol. The van der Waals surface area contributed by atoms with Gasteiger partial charge in [-0.05, 0) is 12.1 Å². The highest BCUT2D eigenvalue weighted by molar-refractivity contribution is 6.61. The summed E-state index contributed by atoms with van der Waals surface area (Å²) in [6, 6.07) is 4.77. The molecule has 1 aromatic rings. The van der Waals surface area contributed by atoms with Crippen molar-refractivity contribution in [2.75, 3.05) is 14.2 Å². The summed E-state index contributed by atoms with van der Waals surface area (Å²) in [7, 11) is 2.99. The molecule has 1 rings (SSSR count). The van der Waals surface area contributed by atoms with E-state index < -0.39 is 5.43 Å². The second-order valence-electron chi connectivity index (χ2n) is 2.36. The van der Waals surface area contributed by atoms with E-state index in [0.717, 1.165) is 0 Å². The Morgan fingerprint density at radius 2 is 1.93 bits per heavy atom. The van der Waals surface area contributed by atoms with Crippen molar-refractivity contribution >= 4 is 17.0 Å². The van der Waals surface area contributed by atoms with Gasteiger partial charge in [-0.3, -0.25) is 0 Å². The van der Waals surface area contributed by atoms with E-state index in [0.29, 0.717) is 11.5 Å². The summed E-state index contributed by atoms with van der Waals surface area (Å²) in [5, 5.41) is 0. The molecule has 14 heavy (non-hydrogen) atoms. The number of rotatable bonds is 3. The van der Waals surface area contributed by atoms with Gasteiger partial charge >= 0.3 is 5.43 Å². The Bertz CT molecular complexity index is 338. The molecule has 0 aliphatic carbocycles. The Morgan fingerprint density at radius 3 is 2.43 bits per heavy atom. The van der Waals surface area contributed by atoms with Crippen LogP contribution in [0.1, 0.15) is 0 Å². The van der Waals surface area contributed by atoms with Gasteiger partial charge < -0.3 is 14.2 Å². The third kappa shape index (κ3) is 2.53. The number of benzene rings is 1. The quantitative estimate of drug-likeness (QED) is 0.728. The van der Waals surface area contributed by atoms with Crippen LogP contribution in [0.15, 0.2) is 18.2 Å². The second-order valence-corrected chi connectivity index (χ2v) is 2.67. The van der Waals surface area contributed by atoms with Gasteiger partial charge in [0.1, 0.15) is 5.75 Å². The molecule has 0 atom stereocenters. The average molecular weight is 217 g/mol. The fraction of sp³-hybridized carbons (Fsp3) is 0.222. The molecule has 0 aliphatic heterocycles. The minimum absolute atomic E-state index is 0.258. The molecule has 0 unspecified atom stereocenters. The van der Waals surface area contributed by atoms with Crippen molar-refractivity contribution in [3.05, 3.63) is 18.2 Å². The van der Waals surface area contributed by atoms with E-state index >= 15 is 0 Å². The van der Waals surface area contributed by atoms with Gasteiger partial charge in [-0.25, -0.2) is 4.79 Å². The first-order valence-electron chi connectivity index (χ1n) is 3.76. The normalized spacial score (nSPS) is 9.36. The number of halogens is 1. The zero-order chi connectivity index (χ0) is 10.6. The number of methoxy groups -OCH3 is 2. The first-order chi connectivity index (χ1) is 6.67. The Morgan fingerprint density at radius 1 is 1.21 bits per heavy atom. The molecule has 4 nitrogen and oxygen atoms in total. The summed E-state index contributed by atoms with van der Waals surface area (Å²) < 4.78 is 14.6. The topological polar surface area (TPSA) is 44.8 Å². The molecule has 0 radical (unpaired) electrons. The van der Waals surface area contributed by atoms with Crippen molar-refractivity contribution in [2.45, 2.75) is 0 Å². The molecule has 0 amide bonds. The molecule has 0 aromatic heterocycles. The van der Waals surface area contributed by atoms with Crippen molar-refractivity contribution in [2.24, 2.45) is 0 Å². The molecule has 5 heteroatoms. The molecule has 0 N–H and O–H groups in total. The second kappa shape index (κ2) is 4.72. The summed E-state index contributed by atoms with van der Waals surface area (Å²) in [5.74, 6) is 1.25. The van der Waals surface area contributed by atoms with E-state index in [1.807, 2.05) is 0 Å². The Kier molecular flexibility index (Phi) is 3.59. The zero-order valence-electron chi connectivity index (χ0n) is 7.74. The van der Waals surface area contributed by atoms with E-state index in [1.165, 1.54) is 20.3 Å². The Balaban J connectivity index is 2.98. The lowest BCUT2D eigenvalue weighted by molar-refractivity contribution is 0.223. The maximum atomic E-state index is 10.5. The van der Waals surface area contributed by atoms with Gasteiger partial charge in [-0.2, -0.15) is 0 Å². The fourth-order valence-electron chi connectivity index (χ4n) is 0.946. The van der Waals surface area contributed by atoms with Crippen molar-refractivity contribution in [1.29, 1.82) is 0 Å². The maximum absolute atomic E-state index is 10.5. The van der Waals surface area contributed by atoms with Crippen molar-refractivity contribution in [3.63, 3.8) is 0 Å². The number of ether oxygens (including phenoxy) is 3. The first-order valence-corrected chi connectivity index (χ1v) is 4.14. The highest BCUT2D eigenvalue weighted by atomic mass is 35.5. The van der Waals surface area contributed by atoms with Crippen LogP contribution in [0.25, 0.3) is 0 Å². The van der Waals surface area contributed by atoms with Crippen LogP contribution in [0.2, 0.25) is 0 Å². The molecule has 1 aromatic carbocycles. The number of carbonyl (C=O) groups excluding carboxylic acids is 1. The van der Waals surface area contributed by atoms with Gasteiger partial charge in [0.25, 0.3) is 0 Å². The van der Waals surface area contributed by atoms with Crippen LogP contribution in [0.5, 0.6) is 17.2 Å². The molecular formula is C9H9ClO4. The molecule has 0 saturated carbocycles. The van der Waals surface area contributed by atoms with Crippen molar-refractivity contribution in [3.8, 4) is 17.2 Å². The molecule has 0 saturated heterocycles. The molecule has 0 aliphatic rings. The molecule has 0 bridgehead atoms. The maximum Gasteiger partial charge on any atom is 0.409 e. The summed E-state index contributed by atoms with van der Waals surface area (Å²) >= 11 is 5.07. The summed E-state index contributed by atoms with van der Waals surface area (Å²) in [5.41, 5.74) is -0.909. The highest BCUT2D eigenvalue weighted by Gasteiger charge is 2.08. The molecule has 0 spiro atoms. The van der Waals surface area contributed by atoms with Crippen molar-refractivity contribution < 1.29 is 19.0 Å². The average Bonchev–Trinajstić information content (AvgIpc) is 2.17. The third-order valence-corrected chi connectivity index (χ3v) is 1.64. The largest absolute Gasteiger partial charge is 0.497 e. The van der Waals surface area contributed by atoms with Gasteiger partial charge in [-0.1, -0.05) is 0 Å². The predicted octanol–water partition coefficient (Wildman–Crippen LogP) is 2.44. The molecule has 0 fully saturated rings. The van der Waals surface area contributed by atoms with Gasteiger partial charge in [-0.15, -0.1) is 0 Å². The van der Waals surface area contributed by atoms with Gasteiger partial charge in [0.2, 0.25) is 0 Å². The predicted molar refractivity (Wildman–Crippen MR) is 51.4 cm³/mol. The number of carbonyl (C=O) groups is 1. The molecule has 76 valence electrons. The lowest BCUT2D eigenvalue weighted by Gasteiger charge is -2.08. The Labute approximate surface area is 86.3 Å². The summed E-state index contributed by atoms with van der Waals surface area (Å²) in [4.78, 5) is 10.5. The summed E-state index contributed by atoms with van der Waals surface area (Å²) in [6.07, 6.45) is 0. The minimum atomic E-state index is -0.909. The van der Waals surface area contributed by atoms with E-state index in [-0.39, 0.29) is 5.75 Å². The van der Waals surface area contributed by atoms with Crippen LogP contribution < -0.4 is 14.2 Å². The first kappa shape index (κ1) is 10.7. The van der Waals surface area contributed by atoms with Crippen LogP contribution in [-0.4, -0.2) is 19.6 Å². The fourth-order valence-corrected chi connectivity index (χ4v) is 1.03. The Hall–Kier alpha value is -1.42. The number of hydrogen-bond acceptors (Lipinski definition) is 4. The zero-order valence-corrected chi connectivity index (χ0v) is 8.50.